The average Bonchev–Trinajstić information content (AvgIpc) is 3.24. The number of carbonyl (C=O) groups is 2. The summed E-state index contributed by atoms with van der Waals surface area (Å²) < 4.78 is 50.9. The van der Waals surface area contributed by atoms with Crippen molar-refractivity contribution in [2.24, 2.45) is 17.8 Å². The molecule has 33 heavy (non-hydrogen) atoms. The van der Waals surface area contributed by atoms with Gasteiger partial charge in [-0.1, -0.05) is 0 Å². The van der Waals surface area contributed by atoms with Gasteiger partial charge in [-0.05, 0) is 50.7 Å². The Morgan fingerprint density at radius 2 is 1.91 bits per heavy atom. The second-order valence-corrected chi connectivity index (χ2v) is 11.2. The highest BCUT2D eigenvalue weighted by Crippen LogP contribution is 2.52. The molecule has 11 heteroatoms. The van der Waals surface area contributed by atoms with Gasteiger partial charge in [0.05, 0.1) is 12.5 Å². The van der Waals surface area contributed by atoms with Crippen molar-refractivity contribution in [3.63, 3.8) is 0 Å². The number of esters is 1. The Morgan fingerprint density at radius 3 is 2.42 bits per heavy atom. The molecular formula is C22H30FN3O6S. The van der Waals surface area contributed by atoms with Crippen LogP contribution >= 0.6 is 0 Å². The minimum absolute atomic E-state index is 0.0135. The zero-order valence-corrected chi connectivity index (χ0v) is 20.0. The number of sulfonamides is 1. The van der Waals surface area contributed by atoms with Crippen molar-refractivity contribution in [1.82, 2.24) is 14.6 Å². The number of hydrogen-bond acceptors (Lipinski definition) is 7. The first-order chi connectivity index (χ1) is 15.5. The number of fused-ring (bicyclic) bond motifs is 1. The third-order valence-corrected chi connectivity index (χ3v) is 7.50. The number of pyridine rings is 1. The quantitative estimate of drug-likeness (QED) is 0.535. The van der Waals surface area contributed by atoms with Gasteiger partial charge >= 0.3 is 5.97 Å². The van der Waals surface area contributed by atoms with E-state index in [0.29, 0.717) is 19.4 Å². The van der Waals surface area contributed by atoms with Gasteiger partial charge < -0.3 is 14.8 Å². The van der Waals surface area contributed by atoms with E-state index in [1.807, 2.05) is 0 Å². The van der Waals surface area contributed by atoms with Crippen molar-refractivity contribution in [3.05, 3.63) is 30.2 Å². The highest BCUT2D eigenvalue weighted by molar-refractivity contribution is 7.89. The first kappa shape index (κ1) is 25.1. The number of piperidine rings is 1. The first-order valence-electron chi connectivity index (χ1n) is 10.8. The van der Waals surface area contributed by atoms with E-state index in [4.69, 9.17) is 9.47 Å². The van der Waals surface area contributed by atoms with Gasteiger partial charge in [-0.2, -0.15) is 4.31 Å². The van der Waals surface area contributed by atoms with Crippen LogP contribution in [0.25, 0.3) is 0 Å². The number of rotatable bonds is 9. The van der Waals surface area contributed by atoms with Gasteiger partial charge in [-0.25, -0.2) is 17.8 Å². The average molecular weight is 484 g/mol. The highest BCUT2D eigenvalue weighted by Gasteiger charge is 2.61. The lowest BCUT2D eigenvalue weighted by molar-refractivity contribution is -0.154. The van der Waals surface area contributed by atoms with E-state index in [-0.39, 0.29) is 59.5 Å². The highest BCUT2D eigenvalue weighted by atomic mass is 32.2. The topological polar surface area (TPSA) is 115 Å². The second-order valence-electron chi connectivity index (χ2n) is 9.26. The summed E-state index contributed by atoms with van der Waals surface area (Å²) in [5.41, 5.74) is -0.359. The molecule has 1 N–H and O–H groups in total. The van der Waals surface area contributed by atoms with E-state index in [2.05, 4.69) is 10.3 Å². The Hall–Kier alpha value is -2.53. The van der Waals surface area contributed by atoms with Crippen LogP contribution in [0.1, 0.15) is 33.6 Å². The molecule has 1 aromatic heterocycles. The van der Waals surface area contributed by atoms with Crippen LogP contribution < -0.4 is 10.1 Å². The fourth-order valence-electron chi connectivity index (χ4n) is 3.97. The van der Waals surface area contributed by atoms with Gasteiger partial charge in [-0.3, -0.25) is 9.59 Å². The normalized spacial score (nSPS) is 23.1. The van der Waals surface area contributed by atoms with Crippen LogP contribution in [0.5, 0.6) is 5.88 Å². The third kappa shape index (κ3) is 6.08. The summed E-state index contributed by atoms with van der Waals surface area (Å²) in [7, 11) is -2.15. The molecule has 1 aromatic rings. The Balaban J connectivity index is 1.50. The van der Waals surface area contributed by atoms with Crippen LogP contribution in [0.2, 0.25) is 0 Å². The molecule has 2 fully saturated rings. The van der Waals surface area contributed by atoms with Crippen molar-refractivity contribution >= 4 is 21.9 Å². The van der Waals surface area contributed by atoms with Crippen molar-refractivity contribution in [2.75, 3.05) is 26.7 Å². The number of nitrogens with one attached hydrogen (secondary N) is 1. The van der Waals surface area contributed by atoms with Gasteiger partial charge in [0.15, 0.2) is 0 Å². The Labute approximate surface area is 193 Å². The maximum atomic E-state index is 13.2. The molecule has 1 saturated heterocycles. The minimum Gasteiger partial charge on any atom is -0.473 e. The lowest BCUT2D eigenvalue weighted by Crippen LogP contribution is -2.34. The monoisotopic (exact) mass is 483 g/mol. The van der Waals surface area contributed by atoms with Crippen LogP contribution in [0.3, 0.4) is 0 Å². The summed E-state index contributed by atoms with van der Waals surface area (Å²) in [6.45, 7) is 5.75. The van der Waals surface area contributed by atoms with Crippen molar-refractivity contribution < 1.29 is 31.9 Å². The van der Waals surface area contributed by atoms with Crippen LogP contribution in [0.15, 0.2) is 35.1 Å². The number of hydrogen-bond donors (Lipinski definition) is 1. The molecule has 1 amide bonds. The van der Waals surface area contributed by atoms with E-state index in [1.54, 1.807) is 27.8 Å². The van der Waals surface area contributed by atoms with Crippen LogP contribution in [0.4, 0.5) is 4.39 Å². The molecule has 1 aliphatic heterocycles. The summed E-state index contributed by atoms with van der Waals surface area (Å²) in [5, 5.41) is 2.61. The van der Waals surface area contributed by atoms with Crippen molar-refractivity contribution in [2.45, 2.75) is 44.1 Å². The largest absolute Gasteiger partial charge is 0.473 e. The van der Waals surface area contributed by atoms with E-state index >= 15 is 0 Å². The van der Waals surface area contributed by atoms with E-state index in [1.165, 1.54) is 22.6 Å². The van der Waals surface area contributed by atoms with Gasteiger partial charge in [0.1, 0.15) is 17.1 Å². The summed E-state index contributed by atoms with van der Waals surface area (Å²) in [4.78, 5) is 27.6. The fourth-order valence-corrected chi connectivity index (χ4v) is 5.43. The summed E-state index contributed by atoms with van der Waals surface area (Å²) >= 11 is 0. The standard InChI is InChI=1S/C22H30FN3O6S/c1-22(2,3)32-19(27)8-5-14(9-23)13-31-18-7-6-15(10-25-18)33(29,30)26-11-16-17(12-26)20(16)21(28)24-4/h6-7,9-10,16-17,20H,5,8,11-13H2,1-4H3,(H,24,28)/t16-,17+,20?. The Morgan fingerprint density at radius 1 is 1.24 bits per heavy atom. The zero-order valence-electron chi connectivity index (χ0n) is 19.2. The Bertz CT molecular complexity index is 1010. The lowest BCUT2D eigenvalue weighted by Gasteiger charge is -2.19. The van der Waals surface area contributed by atoms with E-state index < -0.39 is 21.6 Å². The molecule has 0 bridgehead atoms. The summed E-state index contributed by atoms with van der Waals surface area (Å²) in [6, 6.07) is 2.79. The number of aromatic nitrogens is 1. The SMILES string of the molecule is CNC(=O)C1[C@H]2CN(S(=O)(=O)c3ccc(OCC(=CF)CCC(=O)OC(C)(C)C)nc3)C[C@@H]12. The maximum absolute atomic E-state index is 13.2. The van der Waals surface area contributed by atoms with Gasteiger partial charge in [0, 0.05) is 38.5 Å². The number of amides is 1. The number of ether oxygens (including phenoxy) is 2. The molecule has 9 nitrogen and oxygen atoms in total. The third-order valence-electron chi connectivity index (χ3n) is 5.69. The maximum Gasteiger partial charge on any atom is 0.306 e. The van der Waals surface area contributed by atoms with Gasteiger partial charge in [0.25, 0.3) is 0 Å². The molecular weight excluding hydrogens is 453 g/mol. The zero-order chi connectivity index (χ0) is 24.4. The van der Waals surface area contributed by atoms with Crippen LogP contribution in [-0.2, 0) is 24.3 Å². The van der Waals surface area contributed by atoms with E-state index in [9.17, 15) is 22.4 Å². The molecule has 3 rings (SSSR count). The summed E-state index contributed by atoms with van der Waals surface area (Å²) in [5.74, 6) is -0.338. The molecule has 0 spiro atoms. The fraction of sp³-hybridized carbons (Fsp3) is 0.591. The lowest BCUT2D eigenvalue weighted by atomic mass is 10.1. The molecule has 2 aliphatic rings. The van der Waals surface area contributed by atoms with Gasteiger partial charge in [0.2, 0.25) is 21.8 Å². The molecule has 1 unspecified atom stereocenters. The number of carbonyl (C=O) groups excluding carboxylic acids is 2. The van der Waals surface area contributed by atoms with Crippen molar-refractivity contribution in [1.29, 1.82) is 0 Å². The molecule has 3 atom stereocenters. The predicted octanol–water partition coefficient (Wildman–Crippen LogP) is 2.05. The molecule has 1 aliphatic carbocycles. The number of nitrogens with zero attached hydrogens (tertiary/aromatic N) is 2. The summed E-state index contributed by atoms with van der Waals surface area (Å²) in [6.07, 6.45) is 1.73. The molecule has 0 radical (unpaired) electrons. The molecule has 0 aromatic carbocycles. The van der Waals surface area contributed by atoms with E-state index in [0.717, 1.165) is 0 Å². The smallest absolute Gasteiger partial charge is 0.306 e. The van der Waals surface area contributed by atoms with Crippen LogP contribution in [-0.4, -0.2) is 61.9 Å². The predicted molar refractivity (Wildman–Crippen MR) is 117 cm³/mol. The molecule has 2 heterocycles. The molecule has 182 valence electrons. The van der Waals surface area contributed by atoms with Gasteiger partial charge in [-0.15, -0.1) is 0 Å². The van der Waals surface area contributed by atoms with Crippen LogP contribution in [0, 0.1) is 17.8 Å². The van der Waals surface area contributed by atoms with Crippen molar-refractivity contribution in [3.8, 4) is 5.88 Å². The Kier molecular flexibility index (Phi) is 7.42. The number of halogens is 1. The molecule has 1 saturated carbocycles. The minimum atomic E-state index is -3.72. The second kappa shape index (κ2) is 9.76. The first-order valence-corrected chi connectivity index (χ1v) is 12.2.